The van der Waals surface area contributed by atoms with E-state index in [1.54, 1.807) is 29.1 Å². The van der Waals surface area contributed by atoms with Gasteiger partial charge >= 0.3 is 0 Å². The van der Waals surface area contributed by atoms with Gasteiger partial charge in [-0.1, -0.05) is 42.3 Å². The quantitative estimate of drug-likeness (QED) is 0.862. The summed E-state index contributed by atoms with van der Waals surface area (Å²) in [4.78, 5) is 0. The lowest BCUT2D eigenvalue weighted by atomic mass is 10.0. The van der Waals surface area contributed by atoms with E-state index in [0.29, 0.717) is 17.0 Å². The summed E-state index contributed by atoms with van der Waals surface area (Å²) in [5, 5.41) is 8.26. The van der Waals surface area contributed by atoms with Gasteiger partial charge < -0.3 is 5.32 Å². The predicted octanol–water partition coefficient (Wildman–Crippen LogP) is 4.15. The molecular formula is C15H18Cl2FN3. The SMILES string of the molecule is CCCNC(Cc1cccc(Cl)c1F)c1c(Cl)cnn1C. The van der Waals surface area contributed by atoms with Gasteiger partial charge in [-0.3, -0.25) is 4.68 Å². The Kier molecular flexibility index (Phi) is 5.62. The molecule has 0 fully saturated rings. The Hall–Kier alpha value is -1.10. The molecule has 0 saturated carbocycles. The summed E-state index contributed by atoms with van der Waals surface area (Å²) in [6.45, 7) is 2.89. The minimum atomic E-state index is -0.374. The lowest BCUT2D eigenvalue weighted by Crippen LogP contribution is -2.26. The van der Waals surface area contributed by atoms with Crippen LogP contribution < -0.4 is 5.32 Å². The number of hydrogen-bond donors (Lipinski definition) is 1. The van der Waals surface area contributed by atoms with Crippen molar-refractivity contribution in [2.75, 3.05) is 6.54 Å². The highest BCUT2D eigenvalue weighted by atomic mass is 35.5. The molecule has 2 rings (SSSR count). The number of aromatic nitrogens is 2. The third kappa shape index (κ3) is 3.76. The maximum Gasteiger partial charge on any atom is 0.145 e. The molecule has 0 amide bonds. The average Bonchev–Trinajstić information content (AvgIpc) is 2.79. The monoisotopic (exact) mass is 329 g/mol. The van der Waals surface area contributed by atoms with E-state index in [2.05, 4.69) is 17.3 Å². The van der Waals surface area contributed by atoms with Crippen LogP contribution in [0.4, 0.5) is 4.39 Å². The minimum absolute atomic E-state index is 0.113. The smallest absolute Gasteiger partial charge is 0.145 e. The molecule has 0 spiro atoms. The zero-order chi connectivity index (χ0) is 15.4. The molecule has 0 radical (unpaired) electrons. The van der Waals surface area contributed by atoms with Crippen molar-refractivity contribution < 1.29 is 4.39 Å². The van der Waals surface area contributed by atoms with Gasteiger partial charge in [0.2, 0.25) is 0 Å². The lowest BCUT2D eigenvalue weighted by Gasteiger charge is -2.20. The van der Waals surface area contributed by atoms with Gasteiger partial charge in [-0.2, -0.15) is 5.10 Å². The van der Waals surface area contributed by atoms with E-state index in [-0.39, 0.29) is 16.9 Å². The number of aryl methyl sites for hydroxylation is 1. The maximum atomic E-state index is 14.1. The molecule has 1 N–H and O–H groups in total. The Morgan fingerprint density at radius 2 is 2.10 bits per heavy atom. The summed E-state index contributed by atoms with van der Waals surface area (Å²) in [6.07, 6.45) is 3.04. The van der Waals surface area contributed by atoms with Crippen LogP contribution in [-0.4, -0.2) is 16.3 Å². The van der Waals surface area contributed by atoms with Crippen LogP contribution in [0.3, 0.4) is 0 Å². The first-order valence-corrected chi connectivity index (χ1v) is 7.63. The van der Waals surface area contributed by atoms with E-state index in [9.17, 15) is 4.39 Å². The van der Waals surface area contributed by atoms with Crippen LogP contribution in [0.25, 0.3) is 0 Å². The van der Waals surface area contributed by atoms with Gasteiger partial charge in [-0.15, -0.1) is 0 Å². The first kappa shape index (κ1) is 16.3. The Bertz CT molecular complexity index is 593. The molecule has 1 aromatic carbocycles. The second-order valence-corrected chi connectivity index (χ2v) is 5.74. The van der Waals surface area contributed by atoms with Crippen LogP contribution in [0.5, 0.6) is 0 Å². The fourth-order valence-electron chi connectivity index (χ4n) is 2.32. The van der Waals surface area contributed by atoms with E-state index in [1.807, 2.05) is 7.05 Å². The van der Waals surface area contributed by atoms with Crippen LogP contribution in [-0.2, 0) is 13.5 Å². The van der Waals surface area contributed by atoms with E-state index in [1.165, 1.54) is 0 Å². The largest absolute Gasteiger partial charge is 0.308 e. The second kappa shape index (κ2) is 7.25. The molecule has 6 heteroatoms. The van der Waals surface area contributed by atoms with Crippen LogP contribution in [0, 0.1) is 5.82 Å². The number of nitrogens with one attached hydrogen (secondary N) is 1. The van der Waals surface area contributed by atoms with Gasteiger partial charge in [0.05, 0.1) is 28.0 Å². The van der Waals surface area contributed by atoms with Gasteiger partial charge in [0, 0.05) is 7.05 Å². The number of halogens is 3. The molecule has 1 aromatic heterocycles. The molecule has 3 nitrogen and oxygen atoms in total. The van der Waals surface area contributed by atoms with Crippen molar-refractivity contribution in [2.24, 2.45) is 7.05 Å². The molecule has 2 aromatic rings. The summed E-state index contributed by atoms with van der Waals surface area (Å²) >= 11 is 12.1. The molecule has 1 heterocycles. The van der Waals surface area contributed by atoms with Crippen molar-refractivity contribution in [3.05, 3.63) is 51.5 Å². The zero-order valence-corrected chi connectivity index (χ0v) is 13.5. The van der Waals surface area contributed by atoms with Gasteiger partial charge in [-0.05, 0) is 31.0 Å². The highest BCUT2D eigenvalue weighted by molar-refractivity contribution is 6.31. The molecule has 114 valence electrons. The zero-order valence-electron chi connectivity index (χ0n) is 12.0. The van der Waals surface area contributed by atoms with E-state index < -0.39 is 0 Å². The van der Waals surface area contributed by atoms with Crippen LogP contribution in [0.2, 0.25) is 10.0 Å². The fraction of sp³-hybridized carbons (Fsp3) is 0.400. The highest BCUT2D eigenvalue weighted by Crippen LogP contribution is 2.27. The Morgan fingerprint density at radius 3 is 2.71 bits per heavy atom. The molecule has 0 aliphatic heterocycles. The van der Waals surface area contributed by atoms with Gasteiger partial charge in [0.1, 0.15) is 5.82 Å². The van der Waals surface area contributed by atoms with E-state index >= 15 is 0 Å². The second-order valence-electron chi connectivity index (χ2n) is 4.93. The number of rotatable bonds is 6. The van der Waals surface area contributed by atoms with Crippen LogP contribution >= 0.6 is 23.2 Å². The third-order valence-electron chi connectivity index (χ3n) is 3.36. The first-order valence-electron chi connectivity index (χ1n) is 6.88. The standard InChI is InChI=1S/C15H18Cl2FN3/c1-3-7-19-13(15-12(17)9-20-21(15)2)8-10-5-4-6-11(16)14(10)18/h4-6,9,13,19H,3,7-8H2,1-2H3. The van der Waals surface area contributed by atoms with Crippen molar-refractivity contribution in [1.82, 2.24) is 15.1 Å². The Morgan fingerprint density at radius 1 is 1.33 bits per heavy atom. The minimum Gasteiger partial charge on any atom is -0.308 e. The van der Waals surface area contributed by atoms with Crippen molar-refractivity contribution in [3.63, 3.8) is 0 Å². The number of nitrogens with zero attached hydrogens (tertiary/aromatic N) is 2. The van der Waals surface area contributed by atoms with Crippen molar-refractivity contribution in [3.8, 4) is 0 Å². The van der Waals surface area contributed by atoms with Crippen molar-refractivity contribution >= 4 is 23.2 Å². The third-order valence-corrected chi connectivity index (χ3v) is 3.95. The molecule has 1 atom stereocenters. The lowest BCUT2D eigenvalue weighted by molar-refractivity contribution is 0.483. The average molecular weight is 330 g/mol. The summed E-state index contributed by atoms with van der Waals surface area (Å²) < 4.78 is 15.8. The Balaban J connectivity index is 2.31. The van der Waals surface area contributed by atoms with E-state index in [0.717, 1.165) is 18.7 Å². The summed E-state index contributed by atoms with van der Waals surface area (Å²) in [5.41, 5.74) is 1.41. The fourth-order valence-corrected chi connectivity index (χ4v) is 2.81. The maximum absolute atomic E-state index is 14.1. The molecule has 0 saturated heterocycles. The van der Waals surface area contributed by atoms with Gasteiger partial charge in [0.15, 0.2) is 0 Å². The topological polar surface area (TPSA) is 29.9 Å². The summed E-state index contributed by atoms with van der Waals surface area (Å²) in [6, 6.07) is 4.93. The molecule has 0 aliphatic carbocycles. The number of benzene rings is 1. The molecule has 0 bridgehead atoms. The molecule has 21 heavy (non-hydrogen) atoms. The predicted molar refractivity (Wildman–Crippen MR) is 84.4 cm³/mol. The summed E-state index contributed by atoms with van der Waals surface area (Å²) in [7, 11) is 1.83. The molecule has 0 aliphatic rings. The van der Waals surface area contributed by atoms with Crippen molar-refractivity contribution in [1.29, 1.82) is 0 Å². The summed E-state index contributed by atoms with van der Waals surface area (Å²) in [5.74, 6) is -0.374. The van der Waals surface area contributed by atoms with Gasteiger partial charge in [0.25, 0.3) is 0 Å². The normalized spacial score (nSPS) is 12.6. The van der Waals surface area contributed by atoms with E-state index in [4.69, 9.17) is 23.2 Å². The molecule has 1 unspecified atom stereocenters. The Labute approximate surface area is 134 Å². The first-order chi connectivity index (χ1) is 10.0. The van der Waals surface area contributed by atoms with Crippen LogP contribution in [0.1, 0.15) is 30.6 Å². The van der Waals surface area contributed by atoms with Crippen LogP contribution in [0.15, 0.2) is 24.4 Å². The van der Waals surface area contributed by atoms with Gasteiger partial charge in [-0.25, -0.2) is 4.39 Å². The van der Waals surface area contributed by atoms with Crippen molar-refractivity contribution in [2.45, 2.75) is 25.8 Å². The highest BCUT2D eigenvalue weighted by Gasteiger charge is 2.21. The number of hydrogen-bond acceptors (Lipinski definition) is 2. The molecular weight excluding hydrogens is 312 g/mol.